The maximum absolute atomic E-state index is 13.4. The molecule has 5 nitrogen and oxygen atoms in total. The summed E-state index contributed by atoms with van der Waals surface area (Å²) in [6, 6.07) is 8.83. The van der Waals surface area contributed by atoms with E-state index in [9.17, 15) is 18.0 Å². The summed E-state index contributed by atoms with van der Waals surface area (Å²) < 4.78 is 44.9. The first-order valence-electron chi connectivity index (χ1n) is 8.85. The fourth-order valence-electron chi connectivity index (χ4n) is 3.29. The van der Waals surface area contributed by atoms with Gasteiger partial charge in [0.25, 0.3) is 11.8 Å². The van der Waals surface area contributed by atoms with E-state index in [0.29, 0.717) is 24.5 Å². The topological polar surface area (TPSA) is 59.2 Å². The normalized spacial score (nSPS) is 17.0. The second kappa shape index (κ2) is 7.46. The number of carbonyl (C=O) groups is 1. The van der Waals surface area contributed by atoms with Crippen LogP contribution in [0.25, 0.3) is 11.5 Å². The van der Waals surface area contributed by atoms with E-state index in [-0.39, 0.29) is 29.1 Å². The van der Waals surface area contributed by atoms with Crippen LogP contribution >= 0.6 is 0 Å². The van der Waals surface area contributed by atoms with E-state index in [0.717, 1.165) is 25.0 Å². The molecule has 0 saturated carbocycles. The Bertz CT molecular complexity index is 1000. The van der Waals surface area contributed by atoms with Gasteiger partial charge in [0.05, 0.1) is 0 Å². The van der Waals surface area contributed by atoms with Crippen LogP contribution < -0.4 is 0 Å². The predicted octanol–water partition coefficient (Wildman–Crippen LogP) is 4.17. The zero-order valence-corrected chi connectivity index (χ0v) is 14.7. The Hall–Kier alpha value is -3.16. The third-order valence-corrected chi connectivity index (χ3v) is 4.77. The lowest BCUT2D eigenvalue weighted by molar-refractivity contribution is 0.0703. The van der Waals surface area contributed by atoms with E-state index < -0.39 is 11.6 Å². The maximum atomic E-state index is 13.4. The van der Waals surface area contributed by atoms with Gasteiger partial charge in [-0.3, -0.25) is 4.79 Å². The van der Waals surface area contributed by atoms with Crippen molar-refractivity contribution >= 4 is 5.91 Å². The lowest BCUT2D eigenvalue weighted by atomic mass is 9.96. The molecule has 28 heavy (non-hydrogen) atoms. The molecule has 1 aliphatic rings. The summed E-state index contributed by atoms with van der Waals surface area (Å²) in [5.74, 6) is -2.18. The molecule has 1 saturated heterocycles. The zero-order chi connectivity index (χ0) is 19.7. The molecule has 1 unspecified atom stereocenters. The summed E-state index contributed by atoms with van der Waals surface area (Å²) in [6.45, 7) is 0.858. The Morgan fingerprint density at radius 3 is 2.61 bits per heavy atom. The molecule has 0 spiro atoms. The molecule has 0 N–H and O–H groups in total. The van der Waals surface area contributed by atoms with Crippen LogP contribution in [0.4, 0.5) is 13.2 Å². The number of carbonyl (C=O) groups excluding carboxylic acids is 1. The first kappa shape index (κ1) is 18.2. The van der Waals surface area contributed by atoms with E-state index in [2.05, 4.69) is 10.1 Å². The second-order valence-electron chi connectivity index (χ2n) is 6.68. The highest BCUT2D eigenvalue weighted by molar-refractivity contribution is 5.94. The number of hydrogen-bond donors (Lipinski definition) is 0. The lowest BCUT2D eigenvalue weighted by Crippen LogP contribution is -2.39. The van der Waals surface area contributed by atoms with E-state index >= 15 is 0 Å². The van der Waals surface area contributed by atoms with Crippen LogP contribution in [-0.2, 0) is 0 Å². The molecule has 1 aliphatic heterocycles. The Balaban J connectivity index is 1.50. The Morgan fingerprint density at radius 2 is 1.86 bits per heavy atom. The van der Waals surface area contributed by atoms with Crippen molar-refractivity contribution in [2.75, 3.05) is 13.1 Å². The van der Waals surface area contributed by atoms with E-state index in [1.54, 1.807) is 17.0 Å². The number of likely N-dealkylation sites (tertiary alicyclic amines) is 1. The molecule has 0 radical (unpaired) electrons. The fourth-order valence-corrected chi connectivity index (χ4v) is 3.29. The average Bonchev–Trinajstić information content (AvgIpc) is 3.20. The van der Waals surface area contributed by atoms with E-state index in [4.69, 9.17) is 4.52 Å². The summed E-state index contributed by atoms with van der Waals surface area (Å²) in [7, 11) is 0. The van der Waals surface area contributed by atoms with Crippen LogP contribution in [0, 0.1) is 17.5 Å². The van der Waals surface area contributed by atoms with Crippen LogP contribution in [0.15, 0.2) is 47.0 Å². The van der Waals surface area contributed by atoms with Crippen LogP contribution in [0.5, 0.6) is 0 Å². The van der Waals surface area contributed by atoms with Crippen molar-refractivity contribution in [2.45, 2.75) is 18.8 Å². The van der Waals surface area contributed by atoms with Crippen molar-refractivity contribution in [3.8, 4) is 11.5 Å². The number of amides is 1. The Kier molecular flexibility index (Phi) is 4.85. The smallest absolute Gasteiger partial charge is 0.257 e. The van der Waals surface area contributed by atoms with Gasteiger partial charge < -0.3 is 9.42 Å². The van der Waals surface area contributed by atoms with Gasteiger partial charge in [0, 0.05) is 30.1 Å². The summed E-state index contributed by atoms with van der Waals surface area (Å²) in [6.07, 6.45) is 1.49. The van der Waals surface area contributed by atoms with Gasteiger partial charge in [-0.25, -0.2) is 13.2 Å². The van der Waals surface area contributed by atoms with E-state index in [1.165, 1.54) is 18.2 Å². The summed E-state index contributed by atoms with van der Waals surface area (Å²) in [5.41, 5.74) is 0.699. The number of piperidine rings is 1. The molecular weight excluding hydrogens is 371 g/mol. The Morgan fingerprint density at radius 1 is 1.07 bits per heavy atom. The van der Waals surface area contributed by atoms with Gasteiger partial charge in [0.15, 0.2) is 17.5 Å². The molecule has 2 heterocycles. The number of hydrogen-bond acceptors (Lipinski definition) is 4. The van der Waals surface area contributed by atoms with Crippen molar-refractivity contribution in [1.29, 1.82) is 0 Å². The monoisotopic (exact) mass is 387 g/mol. The molecule has 3 aromatic rings. The third-order valence-electron chi connectivity index (χ3n) is 4.77. The maximum Gasteiger partial charge on any atom is 0.257 e. The molecule has 2 aromatic carbocycles. The van der Waals surface area contributed by atoms with Crippen LogP contribution in [0.1, 0.15) is 34.9 Å². The quantitative estimate of drug-likeness (QED) is 0.677. The molecule has 144 valence electrons. The highest BCUT2D eigenvalue weighted by atomic mass is 19.2. The van der Waals surface area contributed by atoms with Gasteiger partial charge in [-0.2, -0.15) is 4.98 Å². The van der Waals surface area contributed by atoms with Crippen molar-refractivity contribution < 1.29 is 22.5 Å². The average molecular weight is 387 g/mol. The molecule has 1 amide bonds. The van der Waals surface area contributed by atoms with Crippen molar-refractivity contribution in [1.82, 2.24) is 15.0 Å². The van der Waals surface area contributed by atoms with Crippen molar-refractivity contribution in [3.63, 3.8) is 0 Å². The molecule has 1 aromatic heterocycles. The van der Waals surface area contributed by atoms with Gasteiger partial charge >= 0.3 is 0 Å². The van der Waals surface area contributed by atoms with E-state index in [1.807, 2.05) is 0 Å². The lowest BCUT2D eigenvalue weighted by Gasteiger charge is -2.31. The molecule has 1 fully saturated rings. The van der Waals surface area contributed by atoms with Gasteiger partial charge in [-0.05, 0) is 55.3 Å². The molecule has 1 atom stereocenters. The zero-order valence-electron chi connectivity index (χ0n) is 14.7. The van der Waals surface area contributed by atoms with Gasteiger partial charge in [-0.1, -0.05) is 5.16 Å². The predicted molar refractivity (Wildman–Crippen MR) is 93.9 cm³/mol. The van der Waals surface area contributed by atoms with Crippen LogP contribution in [0.3, 0.4) is 0 Å². The number of benzene rings is 2. The second-order valence-corrected chi connectivity index (χ2v) is 6.68. The number of rotatable bonds is 3. The van der Waals surface area contributed by atoms with Crippen LogP contribution in [0.2, 0.25) is 0 Å². The molecule has 0 aliphatic carbocycles. The fraction of sp³-hybridized carbons (Fsp3) is 0.250. The van der Waals surface area contributed by atoms with Gasteiger partial charge in [0.2, 0.25) is 0 Å². The minimum Gasteiger partial charge on any atom is -0.338 e. The van der Waals surface area contributed by atoms with Gasteiger partial charge in [0.1, 0.15) is 5.82 Å². The van der Waals surface area contributed by atoms with Gasteiger partial charge in [-0.15, -0.1) is 0 Å². The van der Waals surface area contributed by atoms with Crippen molar-refractivity contribution in [3.05, 3.63) is 71.3 Å². The molecule has 0 bridgehead atoms. The largest absolute Gasteiger partial charge is 0.338 e. The minimum atomic E-state index is -1.05. The molecule has 8 heteroatoms. The summed E-state index contributed by atoms with van der Waals surface area (Å²) >= 11 is 0. The van der Waals surface area contributed by atoms with Crippen LogP contribution in [-0.4, -0.2) is 34.0 Å². The minimum absolute atomic E-state index is 0.0969. The first-order valence-corrected chi connectivity index (χ1v) is 8.85. The number of aromatic nitrogens is 2. The summed E-state index contributed by atoms with van der Waals surface area (Å²) in [4.78, 5) is 18.6. The number of halogens is 3. The highest BCUT2D eigenvalue weighted by Crippen LogP contribution is 2.28. The Labute approximate surface area is 158 Å². The highest BCUT2D eigenvalue weighted by Gasteiger charge is 2.29. The standard InChI is InChI=1S/C20H16F3N3O2/c21-15-6-3-12(4-7-15)19-24-18(25-28-19)14-2-1-9-26(11-14)20(27)13-5-8-16(22)17(23)10-13/h3-8,10,14H,1-2,9,11H2. The number of nitrogens with zero attached hydrogens (tertiary/aromatic N) is 3. The third kappa shape index (κ3) is 3.62. The summed E-state index contributed by atoms with van der Waals surface area (Å²) in [5, 5.41) is 4.00. The first-order chi connectivity index (χ1) is 13.5. The van der Waals surface area contributed by atoms with Crippen molar-refractivity contribution in [2.24, 2.45) is 0 Å². The molecule has 4 rings (SSSR count). The molecular formula is C20H16F3N3O2. The SMILES string of the molecule is O=C(c1ccc(F)c(F)c1)N1CCCC(c2noc(-c3ccc(F)cc3)n2)C1.